The molecule has 1 aliphatic heterocycles. The van der Waals surface area contributed by atoms with Crippen molar-refractivity contribution in [3.05, 3.63) is 42.5 Å². The number of para-hydroxylation sites is 2. The van der Waals surface area contributed by atoms with Crippen LogP contribution in [-0.2, 0) is 4.79 Å². The Morgan fingerprint density at radius 2 is 1.91 bits per heavy atom. The van der Waals surface area contributed by atoms with Crippen LogP contribution in [0.2, 0.25) is 0 Å². The molecule has 2 aromatic rings. The Morgan fingerprint density at radius 3 is 2.73 bits per heavy atom. The second-order valence-electron chi connectivity index (χ2n) is 4.73. The molecule has 3 rings (SSSR count). The maximum Gasteiger partial charge on any atom is 0.262 e. The number of benzene rings is 2. The third-order valence-electron chi connectivity index (χ3n) is 3.10. The number of fused-ring (bicyclic) bond motifs is 1. The molecular formula is C16H16N2O4. The summed E-state index contributed by atoms with van der Waals surface area (Å²) in [5.74, 6) is 1.51. The topological polar surface area (TPSA) is 82.8 Å². The van der Waals surface area contributed by atoms with Crippen LogP contribution in [-0.4, -0.2) is 25.7 Å². The van der Waals surface area contributed by atoms with Crippen LogP contribution in [0.3, 0.4) is 0 Å². The highest BCUT2D eigenvalue weighted by Gasteiger charge is 2.13. The summed E-state index contributed by atoms with van der Waals surface area (Å²) < 4.78 is 16.3. The summed E-state index contributed by atoms with van der Waals surface area (Å²) in [6, 6.07) is 12.3. The number of hydrogen-bond donors (Lipinski definition) is 2. The molecule has 1 aliphatic rings. The Labute approximate surface area is 127 Å². The van der Waals surface area contributed by atoms with Gasteiger partial charge in [-0.3, -0.25) is 4.79 Å². The highest BCUT2D eigenvalue weighted by molar-refractivity contribution is 5.92. The van der Waals surface area contributed by atoms with Crippen molar-refractivity contribution >= 4 is 17.3 Å². The fourth-order valence-corrected chi connectivity index (χ4v) is 2.07. The summed E-state index contributed by atoms with van der Waals surface area (Å²) in [4.78, 5) is 11.9. The van der Waals surface area contributed by atoms with Crippen LogP contribution in [0, 0.1) is 0 Å². The van der Waals surface area contributed by atoms with E-state index in [1.807, 2.05) is 0 Å². The Bertz CT molecular complexity index is 688. The second-order valence-corrected chi connectivity index (χ2v) is 4.73. The van der Waals surface area contributed by atoms with Gasteiger partial charge >= 0.3 is 0 Å². The van der Waals surface area contributed by atoms with E-state index in [1.54, 1.807) is 42.5 Å². The van der Waals surface area contributed by atoms with Crippen molar-refractivity contribution in [2.45, 2.75) is 0 Å². The molecule has 0 aromatic heterocycles. The Hall–Kier alpha value is -2.89. The number of rotatable bonds is 4. The average molecular weight is 300 g/mol. The molecule has 3 N–H and O–H groups in total. The standard InChI is InChI=1S/C16H16N2O4/c17-12-3-1-2-4-13(12)22-10-16(19)18-11-5-6-14-15(9-11)21-8-7-20-14/h1-6,9H,7-8,10,17H2,(H,18,19). The first-order valence-corrected chi connectivity index (χ1v) is 6.89. The SMILES string of the molecule is Nc1ccccc1OCC(=O)Nc1ccc2c(c1)OCCO2. The molecule has 6 heteroatoms. The van der Waals surface area contributed by atoms with Crippen LogP contribution in [0.1, 0.15) is 0 Å². The van der Waals surface area contributed by atoms with E-state index in [0.717, 1.165) is 0 Å². The quantitative estimate of drug-likeness (QED) is 0.844. The fraction of sp³-hybridized carbons (Fsp3) is 0.188. The number of ether oxygens (including phenoxy) is 3. The van der Waals surface area contributed by atoms with Gasteiger partial charge in [-0.1, -0.05) is 12.1 Å². The molecule has 0 saturated heterocycles. The van der Waals surface area contributed by atoms with Gasteiger partial charge in [0, 0.05) is 11.8 Å². The van der Waals surface area contributed by atoms with Crippen LogP contribution < -0.4 is 25.3 Å². The van der Waals surface area contributed by atoms with E-state index in [2.05, 4.69) is 5.32 Å². The Kier molecular flexibility index (Phi) is 4.00. The molecule has 0 aliphatic carbocycles. The van der Waals surface area contributed by atoms with E-state index < -0.39 is 0 Å². The molecule has 1 heterocycles. The van der Waals surface area contributed by atoms with Gasteiger partial charge in [-0.25, -0.2) is 0 Å². The molecule has 0 unspecified atom stereocenters. The van der Waals surface area contributed by atoms with E-state index in [-0.39, 0.29) is 12.5 Å². The van der Waals surface area contributed by atoms with Gasteiger partial charge in [-0.05, 0) is 24.3 Å². The van der Waals surface area contributed by atoms with E-state index in [4.69, 9.17) is 19.9 Å². The van der Waals surface area contributed by atoms with Gasteiger partial charge in [0.1, 0.15) is 19.0 Å². The maximum atomic E-state index is 11.9. The lowest BCUT2D eigenvalue weighted by Gasteiger charge is -2.19. The first-order valence-electron chi connectivity index (χ1n) is 6.89. The third kappa shape index (κ3) is 3.22. The van der Waals surface area contributed by atoms with Gasteiger partial charge < -0.3 is 25.3 Å². The zero-order chi connectivity index (χ0) is 15.4. The number of nitrogens with two attached hydrogens (primary N) is 1. The van der Waals surface area contributed by atoms with Gasteiger partial charge in [0.05, 0.1) is 5.69 Å². The monoisotopic (exact) mass is 300 g/mol. The van der Waals surface area contributed by atoms with Crippen LogP contribution in [0.4, 0.5) is 11.4 Å². The lowest BCUT2D eigenvalue weighted by molar-refractivity contribution is -0.118. The zero-order valence-electron chi connectivity index (χ0n) is 11.9. The number of nitrogens with one attached hydrogen (secondary N) is 1. The first-order chi connectivity index (χ1) is 10.7. The predicted octanol–water partition coefficient (Wildman–Crippen LogP) is 2.06. The maximum absolute atomic E-state index is 11.9. The lowest BCUT2D eigenvalue weighted by atomic mass is 10.2. The molecule has 0 radical (unpaired) electrons. The molecule has 1 amide bonds. The van der Waals surface area contributed by atoms with Crippen molar-refractivity contribution in [2.75, 3.05) is 30.9 Å². The first kappa shape index (κ1) is 14.1. The number of amides is 1. The highest BCUT2D eigenvalue weighted by Crippen LogP contribution is 2.32. The number of nitrogen functional groups attached to an aromatic ring is 1. The number of carbonyl (C=O) groups excluding carboxylic acids is 1. The summed E-state index contributed by atoms with van der Waals surface area (Å²) in [6.45, 7) is 0.911. The molecule has 6 nitrogen and oxygen atoms in total. The molecule has 0 saturated carbocycles. The van der Waals surface area contributed by atoms with Crippen LogP contribution in [0.15, 0.2) is 42.5 Å². The summed E-state index contributed by atoms with van der Waals surface area (Å²) in [5, 5.41) is 2.74. The molecule has 114 valence electrons. The minimum absolute atomic E-state index is 0.122. The molecule has 22 heavy (non-hydrogen) atoms. The molecule has 0 fully saturated rings. The summed E-state index contributed by atoms with van der Waals surface area (Å²) in [5.41, 5.74) is 6.87. The van der Waals surface area contributed by atoms with E-state index >= 15 is 0 Å². The average Bonchev–Trinajstić information content (AvgIpc) is 2.54. The van der Waals surface area contributed by atoms with Crippen molar-refractivity contribution in [2.24, 2.45) is 0 Å². The van der Waals surface area contributed by atoms with Crippen molar-refractivity contribution in [3.63, 3.8) is 0 Å². The summed E-state index contributed by atoms with van der Waals surface area (Å²) in [6.07, 6.45) is 0. The number of hydrogen-bond acceptors (Lipinski definition) is 5. The molecule has 2 aromatic carbocycles. The highest BCUT2D eigenvalue weighted by atomic mass is 16.6. The molecule has 0 bridgehead atoms. The minimum Gasteiger partial charge on any atom is -0.486 e. The van der Waals surface area contributed by atoms with E-state index in [1.165, 1.54) is 0 Å². The van der Waals surface area contributed by atoms with Crippen LogP contribution >= 0.6 is 0 Å². The van der Waals surface area contributed by atoms with Crippen molar-refractivity contribution in [1.82, 2.24) is 0 Å². The summed E-state index contributed by atoms with van der Waals surface area (Å²) in [7, 11) is 0. The van der Waals surface area contributed by atoms with E-state index in [9.17, 15) is 4.79 Å². The van der Waals surface area contributed by atoms with Gasteiger partial charge in [0.25, 0.3) is 5.91 Å². The smallest absolute Gasteiger partial charge is 0.262 e. The zero-order valence-corrected chi connectivity index (χ0v) is 11.9. The van der Waals surface area contributed by atoms with Crippen molar-refractivity contribution in [3.8, 4) is 17.2 Å². The second kappa shape index (κ2) is 6.26. The molecule has 0 atom stereocenters. The minimum atomic E-state index is -0.278. The largest absolute Gasteiger partial charge is 0.486 e. The third-order valence-corrected chi connectivity index (χ3v) is 3.10. The van der Waals surface area contributed by atoms with Crippen LogP contribution in [0.25, 0.3) is 0 Å². The lowest BCUT2D eigenvalue weighted by Crippen LogP contribution is -2.21. The van der Waals surface area contributed by atoms with Crippen molar-refractivity contribution in [1.29, 1.82) is 0 Å². The number of carbonyl (C=O) groups is 1. The van der Waals surface area contributed by atoms with E-state index in [0.29, 0.717) is 41.8 Å². The van der Waals surface area contributed by atoms with Gasteiger partial charge in [-0.15, -0.1) is 0 Å². The molecular weight excluding hydrogens is 284 g/mol. The van der Waals surface area contributed by atoms with Gasteiger partial charge in [0.15, 0.2) is 18.1 Å². The fourth-order valence-electron chi connectivity index (χ4n) is 2.07. The van der Waals surface area contributed by atoms with Gasteiger partial charge in [-0.2, -0.15) is 0 Å². The summed E-state index contributed by atoms with van der Waals surface area (Å²) >= 11 is 0. The molecule has 0 spiro atoms. The van der Waals surface area contributed by atoms with Gasteiger partial charge in [0.2, 0.25) is 0 Å². The normalized spacial score (nSPS) is 12.5. The number of anilines is 2. The van der Waals surface area contributed by atoms with Crippen molar-refractivity contribution < 1.29 is 19.0 Å². The Balaban J connectivity index is 1.59. The van der Waals surface area contributed by atoms with Crippen LogP contribution in [0.5, 0.6) is 17.2 Å². The predicted molar refractivity (Wildman–Crippen MR) is 82.4 cm³/mol. The Morgan fingerprint density at radius 1 is 1.14 bits per heavy atom.